The van der Waals surface area contributed by atoms with Crippen LogP contribution in [0.4, 0.5) is 0 Å². The number of nitrogens with zero attached hydrogens (tertiary/aromatic N) is 1. The van der Waals surface area contributed by atoms with E-state index < -0.39 is 10.1 Å². The van der Waals surface area contributed by atoms with Gasteiger partial charge in [0.15, 0.2) is 0 Å². The fourth-order valence-electron chi connectivity index (χ4n) is 9.96. The molecule has 0 unspecified atom stereocenters. The molecular formula is C28H47NO4S2. The first-order chi connectivity index (χ1) is 16.2. The van der Waals surface area contributed by atoms with Crippen LogP contribution < -0.4 is 0 Å². The molecule has 1 saturated heterocycles. The molecule has 5 aliphatic rings. The molecule has 0 aromatic carbocycles. The van der Waals surface area contributed by atoms with E-state index in [1.54, 1.807) is 0 Å². The Bertz CT molecular complexity index is 951. The third-order valence-corrected chi connectivity index (χ3v) is 13.3. The Labute approximate surface area is 218 Å². The number of thioether (sulfide) groups is 1. The molecule has 1 heterocycles. The Morgan fingerprint density at radius 2 is 1.71 bits per heavy atom. The first-order valence-electron chi connectivity index (χ1n) is 14.0. The number of hydrogen-bond acceptors (Lipinski definition) is 6. The molecule has 5 rings (SSSR count). The van der Waals surface area contributed by atoms with E-state index in [4.69, 9.17) is 4.18 Å². The number of rotatable bonds is 4. The van der Waals surface area contributed by atoms with Crippen LogP contribution in [-0.4, -0.2) is 61.1 Å². The van der Waals surface area contributed by atoms with Gasteiger partial charge in [-0.3, -0.25) is 13.9 Å². The van der Waals surface area contributed by atoms with E-state index >= 15 is 0 Å². The van der Waals surface area contributed by atoms with E-state index in [1.807, 2.05) is 18.7 Å². The Morgan fingerprint density at radius 1 is 1.00 bits per heavy atom. The third kappa shape index (κ3) is 4.67. The summed E-state index contributed by atoms with van der Waals surface area (Å²) < 4.78 is 30.6. The van der Waals surface area contributed by atoms with Crippen molar-refractivity contribution in [3.05, 3.63) is 0 Å². The van der Waals surface area contributed by atoms with Gasteiger partial charge in [0, 0.05) is 35.5 Å². The molecule has 4 aliphatic carbocycles. The van der Waals surface area contributed by atoms with Crippen LogP contribution in [0.25, 0.3) is 0 Å². The van der Waals surface area contributed by atoms with Gasteiger partial charge in [-0.25, -0.2) is 0 Å². The summed E-state index contributed by atoms with van der Waals surface area (Å²) >= 11 is 2.03. The normalized spacial score (nSPS) is 48.0. The zero-order chi connectivity index (χ0) is 25.4. The highest BCUT2D eigenvalue weighted by atomic mass is 32.2. The van der Waals surface area contributed by atoms with E-state index in [0.29, 0.717) is 29.5 Å². The molecule has 0 amide bonds. The van der Waals surface area contributed by atoms with Gasteiger partial charge in [-0.2, -0.15) is 20.2 Å². The Morgan fingerprint density at radius 3 is 2.37 bits per heavy atom. The van der Waals surface area contributed by atoms with Gasteiger partial charge in [0.1, 0.15) is 5.78 Å². The van der Waals surface area contributed by atoms with E-state index in [9.17, 15) is 13.2 Å². The summed E-state index contributed by atoms with van der Waals surface area (Å²) in [7, 11) is -3.50. The van der Waals surface area contributed by atoms with Gasteiger partial charge in [-0.1, -0.05) is 13.8 Å². The minimum atomic E-state index is -3.50. The highest BCUT2D eigenvalue weighted by molar-refractivity contribution is 8.00. The summed E-state index contributed by atoms with van der Waals surface area (Å²) in [6.45, 7) is 13.4. The van der Waals surface area contributed by atoms with Crippen molar-refractivity contribution in [3.8, 4) is 0 Å². The van der Waals surface area contributed by atoms with Crippen LogP contribution in [0.2, 0.25) is 0 Å². The minimum absolute atomic E-state index is 0.159. The average Bonchev–Trinajstić information content (AvgIpc) is 3.09. The molecule has 0 aromatic heterocycles. The second kappa shape index (κ2) is 8.98. The summed E-state index contributed by atoms with van der Waals surface area (Å²) in [6.07, 6.45) is 9.98. The van der Waals surface area contributed by atoms with Gasteiger partial charge in [-0.15, -0.1) is 0 Å². The molecule has 0 N–H and O–H groups in total. The zero-order valence-electron chi connectivity index (χ0n) is 22.7. The summed E-state index contributed by atoms with van der Waals surface area (Å²) in [5.74, 6) is 4.32. The lowest BCUT2D eigenvalue weighted by Gasteiger charge is -2.63. The Hall–Kier alpha value is -0.110. The number of Topliss-reactive ketones (excluding diaryl/α,β-unsaturated/α-hetero) is 1. The second-order valence-electron chi connectivity index (χ2n) is 13.9. The van der Waals surface area contributed by atoms with Crippen molar-refractivity contribution in [2.45, 2.75) is 103 Å². The van der Waals surface area contributed by atoms with Crippen molar-refractivity contribution in [1.29, 1.82) is 0 Å². The molecule has 9 atom stereocenters. The predicted molar refractivity (Wildman–Crippen MR) is 143 cm³/mol. The van der Waals surface area contributed by atoms with Crippen LogP contribution >= 0.6 is 11.8 Å². The molecule has 1 aliphatic heterocycles. The van der Waals surface area contributed by atoms with Gasteiger partial charge in [-0.05, 0) is 107 Å². The molecule has 0 radical (unpaired) electrons. The number of hydrogen-bond donors (Lipinski definition) is 0. The SMILES string of the molecule is CC(=O)[C@H]1CC[C@H]2[C@@H]3CC[C@H]4C[C@H](OS(C)(=O)=O)[C@@H](N5CCSC(C)(C)C5)C[C@]4(C)[C@H]3CC[C@]12C. The third-order valence-electron chi connectivity index (χ3n) is 11.4. The summed E-state index contributed by atoms with van der Waals surface area (Å²) in [5.41, 5.74) is 0.398. The Balaban J connectivity index is 1.44. The molecule has 7 heteroatoms. The molecular weight excluding hydrogens is 478 g/mol. The van der Waals surface area contributed by atoms with Crippen LogP contribution in [0, 0.1) is 40.4 Å². The van der Waals surface area contributed by atoms with E-state index in [0.717, 1.165) is 38.1 Å². The molecule has 0 spiro atoms. The lowest BCUT2D eigenvalue weighted by atomic mass is 9.44. The van der Waals surface area contributed by atoms with Crippen LogP contribution in [0.5, 0.6) is 0 Å². The van der Waals surface area contributed by atoms with Crippen LogP contribution in [0.3, 0.4) is 0 Å². The summed E-state index contributed by atoms with van der Waals surface area (Å²) in [4.78, 5) is 15.1. The molecule has 0 aromatic rings. The standard InChI is InChI=1S/C28H47NO4S2/c1-18(30)21-9-10-22-20-8-7-19-15-25(33-35(6,31)32)24(29-13-14-34-26(2,3)17-29)16-28(19,5)23(20)11-12-27(21,22)4/h19-25H,7-17H2,1-6H3/t19-,20-,21+,22-,23-,24-,25-,27+,28-/m0/s1. The topological polar surface area (TPSA) is 63.7 Å². The highest BCUT2D eigenvalue weighted by Gasteiger charge is 2.62. The average molecular weight is 526 g/mol. The largest absolute Gasteiger partial charge is 0.300 e. The molecule has 35 heavy (non-hydrogen) atoms. The Kier molecular flexibility index (Phi) is 6.80. The first-order valence-corrected chi connectivity index (χ1v) is 16.8. The smallest absolute Gasteiger partial charge is 0.264 e. The van der Waals surface area contributed by atoms with Gasteiger partial charge >= 0.3 is 0 Å². The molecule has 5 fully saturated rings. The van der Waals surface area contributed by atoms with E-state index in [2.05, 4.69) is 32.6 Å². The van der Waals surface area contributed by atoms with Crippen molar-refractivity contribution in [2.24, 2.45) is 40.4 Å². The summed E-state index contributed by atoms with van der Waals surface area (Å²) in [6, 6.07) is 0.159. The minimum Gasteiger partial charge on any atom is -0.300 e. The lowest BCUT2D eigenvalue weighted by molar-refractivity contribution is -0.148. The van der Waals surface area contributed by atoms with Crippen LogP contribution in [0.15, 0.2) is 0 Å². The molecule has 0 bridgehead atoms. The maximum Gasteiger partial charge on any atom is 0.264 e. The lowest BCUT2D eigenvalue weighted by Crippen LogP contribution is -2.62. The van der Waals surface area contributed by atoms with Crippen molar-refractivity contribution in [1.82, 2.24) is 4.90 Å². The van der Waals surface area contributed by atoms with Gasteiger partial charge < -0.3 is 0 Å². The molecule has 4 saturated carbocycles. The fourth-order valence-corrected chi connectivity index (χ4v) is 11.7. The van der Waals surface area contributed by atoms with Gasteiger partial charge in [0.05, 0.1) is 12.4 Å². The zero-order valence-corrected chi connectivity index (χ0v) is 24.3. The number of carbonyl (C=O) groups excluding carboxylic acids is 1. The maximum atomic E-state index is 12.5. The molecule has 5 nitrogen and oxygen atoms in total. The van der Waals surface area contributed by atoms with Crippen LogP contribution in [0.1, 0.15) is 86.0 Å². The maximum absolute atomic E-state index is 12.5. The molecule has 200 valence electrons. The van der Waals surface area contributed by atoms with Crippen molar-refractivity contribution < 1.29 is 17.4 Å². The predicted octanol–water partition coefficient (Wildman–Crippen LogP) is 5.39. The van der Waals surface area contributed by atoms with Crippen molar-refractivity contribution >= 4 is 27.7 Å². The fraction of sp³-hybridized carbons (Fsp3) is 0.964. The highest BCUT2D eigenvalue weighted by Crippen LogP contribution is 2.68. The number of ketones is 1. The first kappa shape index (κ1) is 26.5. The number of carbonyl (C=O) groups is 1. The van der Waals surface area contributed by atoms with E-state index in [1.165, 1.54) is 38.4 Å². The summed E-state index contributed by atoms with van der Waals surface area (Å²) in [5, 5.41) is 0. The van der Waals surface area contributed by atoms with E-state index in [-0.39, 0.29) is 33.6 Å². The van der Waals surface area contributed by atoms with Crippen molar-refractivity contribution in [3.63, 3.8) is 0 Å². The van der Waals surface area contributed by atoms with Gasteiger partial charge in [0.2, 0.25) is 0 Å². The number of fused-ring (bicyclic) bond motifs is 5. The van der Waals surface area contributed by atoms with Gasteiger partial charge in [0.25, 0.3) is 10.1 Å². The van der Waals surface area contributed by atoms with Crippen LogP contribution in [-0.2, 0) is 19.1 Å². The second-order valence-corrected chi connectivity index (χ2v) is 17.3. The quantitative estimate of drug-likeness (QED) is 0.459. The monoisotopic (exact) mass is 525 g/mol. The van der Waals surface area contributed by atoms with Crippen molar-refractivity contribution in [2.75, 3.05) is 25.1 Å².